The molecule has 11 heteroatoms. The van der Waals surface area contributed by atoms with Crippen LogP contribution < -0.4 is 0 Å². The highest BCUT2D eigenvalue weighted by Crippen LogP contribution is 2.27. The largest absolute Gasteiger partial charge is 0.481 e. The maximum Gasteiger partial charge on any atom is 0.303 e. The van der Waals surface area contributed by atoms with E-state index in [4.69, 9.17) is 9.94 Å². The SMILES string of the molecule is CN1CC2N(C[C@@H](CCC(=O)O)C1=O)C(=O)CON2S(=O)(=O)Cc1ccccc1. The quantitative estimate of drug-likeness (QED) is 0.673. The van der Waals surface area contributed by atoms with E-state index in [1.807, 2.05) is 0 Å². The van der Waals surface area contributed by atoms with Crippen molar-refractivity contribution in [2.45, 2.75) is 24.8 Å². The van der Waals surface area contributed by atoms with Crippen LogP contribution >= 0.6 is 0 Å². The van der Waals surface area contributed by atoms with Crippen LogP contribution in [0.2, 0.25) is 0 Å². The molecule has 2 aliphatic rings. The van der Waals surface area contributed by atoms with E-state index in [2.05, 4.69) is 0 Å². The second-order valence-corrected chi connectivity index (χ2v) is 8.96. The summed E-state index contributed by atoms with van der Waals surface area (Å²) in [6, 6.07) is 8.58. The van der Waals surface area contributed by atoms with Crippen LogP contribution in [-0.2, 0) is 35.0 Å². The van der Waals surface area contributed by atoms with Crippen LogP contribution in [0.1, 0.15) is 18.4 Å². The fourth-order valence-electron chi connectivity index (χ4n) is 3.55. The van der Waals surface area contributed by atoms with Crippen LogP contribution in [0.15, 0.2) is 30.3 Å². The average Bonchev–Trinajstić information content (AvgIpc) is 2.78. The molecule has 1 aromatic rings. The van der Waals surface area contributed by atoms with E-state index in [1.165, 1.54) is 16.8 Å². The third-order valence-electron chi connectivity index (χ3n) is 4.99. The summed E-state index contributed by atoms with van der Waals surface area (Å²) >= 11 is 0. The van der Waals surface area contributed by atoms with Crippen LogP contribution in [0.4, 0.5) is 0 Å². The van der Waals surface area contributed by atoms with Gasteiger partial charge in [0.25, 0.3) is 5.91 Å². The van der Waals surface area contributed by atoms with Crippen molar-refractivity contribution in [1.29, 1.82) is 0 Å². The topological polar surface area (TPSA) is 125 Å². The second kappa shape index (κ2) is 8.47. The molecule has 1 aromatic carbocycles. The molecule has 29 heavy (non-hydrogen) atoms. The summed E-state index contributed by atoms with van der Waals surface area (Å²) in [5.41, 5.74) is 0.567. The van der Waals surface area contributed by atoms with E-state index in [1.54, 1.807) is 30.3 Å². The lowest BCUT2D eigenvalue weighted by molar-refractivity contribution is -0.203. The lowest BCUT2D eigenvalue weighted by Gasteiger charge is -2.41. The first-order valence-corrected chi connectivity index (χ1v) is 10.7. The molecule has 0 radical (unpaired) electrons. The van der Waals surface area contributed by atoms with Gasteiger partial charge >= 0.3 is 5.97 Å². The lowest BCUT2D eigenvalue weighted by Crippen LogP contribution is -2.61. The Labute approximate surface area is 168 Å². The number of rotatable bonds is 6. The van der Waals surface area contributed by atoms with Gasteiger partial charge < -0.3 is 14.9 Å². The van der Waals surface area contributed by atoms with Crippen LogP contribution in [-0.4, -0.2) is 78.5 Å². The molecule has 2 saturated heterocycles. The molecule has 158 valence electrons. The number of aliphatic carboxylic acids is 1. The lowest BCUT2D eigenvalue weighted by atomic mass is 10.0. The van der Waals surface area contributed by atoms with E-state index in [0.717, 1.165) is 4.47 Å². The molecule has 0 aromatic heterocycles. The van der Waals surface area contributed by atoms with Crippen molar-refractivity contribution in [2.24, 2.45) is 5.92 Å². The Morgan fingerprint density at radius 3 is 2.55 bits per heavy atom. The summed E-state index contributed by atoms with van der Waals surface area (Å²) in [4.78, 5) is 43.9. The predicted octanol–water partition coefficient (Wildman–Crippen LogP) is -0.129. The van der Waals surface area contributed by atoms with Gasteiger partial charge in [-0.05, 0) is 12.0 Å². The fraction of sp³-hybridized carbons (Fsp3) is 0.500. The minimum Gasteiger partial charge on any atom is -0.481 e. The number of likely N-dealkylation sites (N-methyl/N-ethyl adjacent to an activating group) is 1. The molecule has 2 aliphatic heterocycles. The Balaban J connectivity index is 1.86. The molecule has 0 spiro atoms. The summed E-state index contributed by atoms with van der Waals surface area (Å²) in [6.45, 7) is -0.586. The highest BCUT2D eigenvalue weighted by Gasteiger charge is 2.46. The highest BCUT2D eigenvalue weighted by atomic mass is 32.2. The summed E-state index contributed by atoms with van der Waals surface area (Å²) < 4.78 is 26.8. The molecule has 2 amide bonds. The van der Waals surface area contributed by atoms with Crippen molar-refractivity contribution in [3.8, 4) is 0 Å². The number of sulfonamides is 1. The Kier molecular flexibility index (Phi) is 6.20. The minimum absolute atomic E-state index is 0.0549. The van der Waals surface area contributed by atoms with E-state index < -0.39 is 40.6 Å². The third kappa shape index (κ3) is 4.74. The number of hydrogen-bond donors (Lipinski definition) is 1. The zero-order valence-corrected chi connectivity index (χ0v) is 16.7. The minimum atomic E-state index is -3.95. The van der Waals surface area contributed by atoms with Crippen molar-refractivity contribution >= 4 is 27.8 Å². The highest BCUT2D eigenvalue weighted by molar-refractivity contribution is 7.88. The van der Waals surface area contributed by atoms with Gasteiger partial charge in [0.15, 0.2) is 0 Å². The van der Waals surface area contributed by atoms with Crippen LogP contribution in [0.5, 0.6) is 0 Å². The van der Waals surface area contributed by atoms with Crippen LogP contribution in [0.25, 0.3) is 0 Å². The number of carboxylic acids is 1. The standard InChI is InChI=1S/C18H23N3O7S/c1-19-10-15-20(9-14(18(19)25)7-8-17(23)24)16(22)11-28-21(15)29(26,27)12-13-5-3-2-4-6-13/h2-6,14-15H,7-12H2,1H3,(H,23,24)/t14-,15?/m1/s1. The zero-order chi connectivity index (χ0) is 21.2. The molecule has 2 heterocycles. The Morgan fingerprint density at radius 2 is 1.90 bits per heavy atom. The zero-order valence-electron chi connectivity index (χ0n) is 15.9. The molecular weight excluding hydrogens is 402 g/mol. The summed E-state index contributed by atoms with van der Waals surface area (Å²) in [7, 11) is -2.44. The maximum absolute atomic E-state index is 13.0. The van der Waals surface area contributed by atoms with Gasteiger partial charge in [-0.15, -0.1) is 0 Å². The molecule has 0 saturated carbocycles. The van der Waals surface area contributed by atoms with E-state index in [0.29, 0.717) is 5.56 Å². The Hall–Kier alpha value is -2.50. The van der Waals surface area contributed by atoms with Gasteiger partial charge in [0.2, 0.25) is 15.9 Å². The average molecular weight is 425 g/mol. The molecule has 2 fully saturated rings. The van der Waals surface area contributed by atoms with E-state index in [9.17, 15) is 22.8 Å². The number of amides is 2. The normalized spacial score (nSPS) is 23.6. The summed E-state index contributed by atoms with van der Waals surface area (Å²) in [6.07, 6.45) is -1.16. The number of nitrogens with zero attached hydrogens (tertiary/aromatic N) is 3. The van der Waals surface area contributed by atoms with Gasteiger partial charge in [-0.1, -0.05) is 34.8 Å². The van der Waals surface area contributed by atoms with Gasteiger partial charge in [0.1, 0.15) is 12.8 Å². The third-order valence-corrected chi connectivity index (χ3v) is 6.59. The number of benzene rings is 1. The summed E-state index contributed by atoms with van der Waals surface area (Å²) in [5, 5.41) is 8.93. The van der Waals surface area contributed by atoms with E-state index >= 15 is 0 Å². The number of hydrogen-bond acceptors (Lipinski definition) is 6. The number of carboxylic acid groups (broad SMARTS) is 1. The molecule has 1 unspecified atom stereocenters. The van der Waals surface area contributed by atoms with Gasteiger partial charge in [-0.3, -0.25) is 19.2 Å². The molecule has 0 bridgehead atoms. The second-order valence-electron chi connectivity index (χ2n) is 7.15. The number of hydroxylamine groups is 1. The molecule has 0 aliphatic carbocycles. The predicted molar refractivity (Wildman–Crippen MR) is 100 cm³/mol. The van der Waals surface area contributed by atoms with Crippen molar-refractivity contribution in [3.63, 3.8) is 0 Å². The molecule has 2 atom stereocenters. The van der Waals surface area contributed by atoms with Gasteiger partial charge in [0, 0.05) is 20.0 Å². The van der Waals surface area contributed by atoms with Crippen molar-refractivity contribution in [2.75, 3.05) is 26.7 Å². The van der Waals surface area contributed by atoms with Crippen molar-refractivity contribution < 1.29 is 32.7 Å². The van der Waals surface area contributed by atoms with Crippen molar-refractivity contribution in [1.82, 2.24) is 14.3 Å². The number of carbonyl (C=O) groups excluding carboxylic acids is 2. The van der Waals surface area contributed by atoms with Crippen molar-refractivity contribution in [3.05, 3.63) is 35.9 Å². The van der Waals surface area contributed by atoms with Crippen LogP contribution in [0, 0.1) is 5.92 Å². The molecule has 1 N–H and O–H groups in total. The molecule has 10 nitrogen and oxygen atoms in total. The molecule has 3 rings (SSSR count). The first-order chi connectivity index (χ1) is 13.7. The van der Waals surface area contributed by atoms with E-state index in [-0.39, 0.29) is 37.6 Å². The summed E-state index contributed by atoms with van der Waals surface area (Å²) in [5.74, 6) is -2.84. The first-order valence-electron chi connectivity index (χ1n) is 9.14. The van der Waals surface area contributed by atoms with Gasteiger partial charge in [0.05, 0.1) is 18.2 Å². The Bertz CT molecular complexity index is 890. The number of fused-ring (bicyclic) bond motifs is 1. The fourth-order valence-corrected chi connectivity index (χ4v) is 5.05. The smallest absolute Gasteiger partial charge is 0.303 e. The molecular formula is C18H23N3O7S. The first kappa shape index (κ1) is 21.2. The van der Waals surface area contributed by atoms with Crippen LogP contribution in [0.3, 0.4) is 0 Å². The monoisotopic (exact) mass is 425 g/mol. The van der Waals surface area contributed by atoms with Gasteiger partial charge in [-0.2, -0.15) is 0 Å². The van der Waals surface area contributed by atoms with Gasteiger partial charge in [-0.25, -0.2) is 8.42 Å². The number of carbonyl (C=O) groups is 3. The Morgan fingerprint density at radius 1 is 1.21 bits per heavy atom. The maximum atomic E-state index is 13.0.